The van der Waals surface area contributed by atoms with Crippen LogP contribution in [0.5, 0.6) is 0 Å². The highest BCUT2D eigenvalue weighted by atomic mass is 16.7. The van der Waals surface area contributed by atoms with Gasteiger partial charge >= 0.3 is 0 Å². The number of aldehydes is 1. The summed E-state index contributed by atoms with van der Waals surface area (Å²) in [7, 11) is 1.56. The van der Waals surface area contributed by atoms with E-state index in [0.717, 1.165) is 12.0 Å². The monoisotopic (exact) mass is 222 g/mol. The molecule has 0 radical (unpaired) electrons. The van der Waals surface area contributed by atoms with Crippen LogP contribution in [-0.4, -0.2) is 36.9 Å². The van der Waals surface area contributed by atoms with Crippen LogP contribution in [0.1, 0.15) is 6.92 Å². The average Bonchev–Trinajstić information content (AvgIpc) is 2.69. The van der Waals surface area contributed by atoms with Gasteiger partial charge in [0.2, 0.25) is 0 Å². The summed E-state index contributed by atoms with van der Waals surface area (Å²) >= 11 is 0. The van der Waals surface area contributed by atoms with Crippen molar-refractivity contribution in [2.24, 2.45) is 0 Å². The molecule has 2 rings (SSSR count). The lowest BCUT2D eigenvalue weighted by molar-refractivity contribution is -0.155. The van der Waals surface area contributed by atoms with Gasteiger partial charge in [-0.15, -0.1) is 0 Å². The zero-order valence-corrected chi connectivity index (χ0v) is 9.29. The molecule has 2 heterocycles. The van der Waals surface area contributed by atoms with Crippen molar-refractivity contribution in [2.45, 2.75) is 18.9 Å². The number of anilines is 1. The first-order valence-corrected chi connectivity index (χ1v) is 5.04. The maximum absolute atomic E-state index is 11.1. The molecule has 1 aromatic rings. The lowest BCUT2D eigenvalue weighted by Crippen LogP contribution is -2.43. The Morgan fingerprint density at radius 3 is 3.12 bits per heavy atom. The van der Waals surface area contributed by atoms with Gasteiger partial charge in [-0.05, 0) is 19.1 Å². The Morgan fingerprint density at radius 2 is 2.56 bits per heavy atom. The molecule has 2 atom stereocenters. The van der Waals surface area contributed by atoms with Crippen LogP contribution in [0.15, 0.2) is 24.5 Å². The van der Waals surface area contributed by atoms with Gasteiger partial charge in [0.25, 0.3) is 0 Å². The Labute approximate surface area is 94.0 Å². The Morgan fingerprint density at radius 1 is 1.75 bits per heavy atom. The number of nitrogens with zero attached hydrogens (tertiary/aromatic N) is 2. The molecule has 0 amide bonds. The molecule has 1 fully saturated rings. The number of ether oxygens (including phenoxy) is 2. The third-order valence-electron chi connectivity index (χ3n) is 2.68. The number of hydrogen-bond donors (Lipinski definition) is 0. The Kier molecular flexibility index (Phi) is 2.89. The predicted molar refractivity (Wildman–Crippen MR) is 57.9 cm³/mol. The molecule has 0 aromatic carbocycles. The van der Waals surface area contributed by atoms with Crippen molar-refractivity contribution in [3.05, 3.63) is 24.5 Å². The van der Waals surface area contributed by atoms with Crippen molar-refractivity contribution in [3.8, 4) is 0 Å². The number of aromatic nitrogens is 1. The van der Waals surface area contributed by atoms with Gasteiger partial charge in [0, 0.05) is 13.3 Å². The number of hydrogen-bond acceptors (Lipinski definition) is 5. The van der Waals surface area contributed by atoms with E-state index in [2.05, 4.69) is 4.98 Å². The fraction of sp³-hybridized carbons (Fsp3) is 0.455. The average molecular weight is 222 g/mol. The molecule has 0 bridgehead atoms. The van der Waals surface area contributed by atoms with Crippen LogP contribution in [-0.2, 0) is 14.3 Å². The normalized spacial score (nSPS) is 29.4. The van der Waals surface area contributed by atoms with Crippen LogP contribution >= 0.6 is 0 Å². The third kappa shape index (κ3) is 1.79. The van der Waals surface area contributed by atoms with Gasteiger partial charge in [-0.25, -0.2) is 0 Å². The van der Waals surface area contributed by atoms with Crippen molar-refractivity contribution < 1.29 is 14.3 Å². The van der Waals surface area contributed by atoms with Gasteiger partial charge in [-0.3, -0.25) is 9.78 Å². The van der Waals surface area contributed by atoms with Crippen LogP contribution in [0.2, 0.25) is 0 Å². The molecule has 1 saturated heterocycles. The van der Waals surface area contributed by atoms with Gasteiger partial charge < -0.3 is 14.4 Å². The minimum absolute atomic E-state index is 0.393. The Bertz CT molecular complexity index is 371. The fourth-order valence-corrected chi connectivity index (χ4v) is 1.79. The molecule has 16 heavy (non-hydrogen) atoms. The second kappa shape index (κ2) is 4.19. The highest BCUT2D eigenvalue weighted by molar-refractivity contribution is 5.70. The van der Waals surface area contributed by atoms with Crippen LogP contribution in [0.25, 0.3) is 0 Å². The molecule has 1 aromatic heterocycles. The van der Waals surface area contributed by atoms with Crippen molar-refractivity contribution >= 4 is 12.0 Å². The first kappa shape index (κ1) is 11.0. The summed E-state index contributed by atoms with van der Waals surface area (Å²) in [5, 5.41) is 0. The molecule has 5 nitrogen and oxygen atoms in total. The number of carbonyl (C=O) groups excluding carboxylic acids is 1. The van der Waals surface area contributed by atoms with E-state index in [4.69, 9.17) is 9.47 Å². The minimum Gasteiger partial charge on any atom is -0.354 e. The maximum Gasteiger partial charge on any atom is 0.198 e. The predicted octanol–water partition coefficient (Wildman–Crippen LogP) is 0.806. The molecule has 1 aliphatic heterocycles. The molecular formula is C11H14N2O3. The highest BCUT2D eigenvalue weighted by Gasteiger charge is 2.43. The molecule has 0 saturated carbocycles. The minimum atomic E-state index is -0.982. The smallest absolute Gasteiger partial charge is 0.198 e. The van der Waals surface area contributed by atoms with Crippen LogP contribution in [0.4, 0.5) is 5.69 Å². The lowest BCUT2D eigenvalue weighted by atomic mass is 10.2. The molecular weight excluding hydrogens is 208 g/mol. The van der Waals surface area contributed by atoms with E-state index in [1.165, 1.54) is 0 Å². The van der Waals surface area contributed by atoms with E-state index in [-0.39, 0.29) is 0 Å². The van der Waals surface area contributed by atoms with E-state index in [0.29, 0.717) is 6.54 Å². The first-order chi connectivity index (χ1) is 7.69. The molecule has 0 spiro atoms. The van der Waals surface area contributed by atoms with E-state index < -0.39 is 12.0 Å². The summed E-state index contributed by atoms with van der Waals surface area (Å²) in [5.74, 6) is 0. The first-order valence-electron chi connectivity index (χ1n) is 5.04. The molecule has 1 aliphatic rings. The number of pyridine rings is 1. The fourth-order valence-electron chi connectivity index (χ4n) is 1.79. The SMILES string of the molecule is COC1CN(c2cccnc2)C(C)(C=O)O1. The van der Waals surface area contributed by atoms with Gasteiger partial charge in [0.15, 0.2) is 18.3 Å². The summed E-state index contributed by atoms with van der Waals surface area (Å²) in [6.45, 7) is 2.23. The summed E-state index contributed by atoms with van der Waals surface area (Å²) in [6, 6.07) is 3.71. The van der Waals surface area contributed by atoms with Gasteiger partial charge in [0.1, 0.15) is 0 Å². The van der Waals surface area contributed by atoms with Gasteiger partial charge in [-0.1, -0.05) is 0 Å². The van der Waals surface area contributed by atoms with Gasteiger partial charge in [0.05, 0.1) is 18.4 Å². The Balaban J connectivity index is 2.29. The zero-order chi connectivity index (χ0) is 11.6. The van der Waals surface area contributed by atoms with Crippen LogP contribution in [0.3, 0.4) is 0 Å². The summed E-state index contributed by atoms with van der Waals surface area (Å²) in [5.41, 5.74) is -0.138. The van der Waals surface area contributed by atoms with E-state index >= 15 is 0 Å². The van der Waals surface area contributed by atoms with E-state index in [9.17, 15) is 4.79 Å². The topological polar surface area (TPSA) is 51.7 Å². The molecule has 5 heteroatoms. The van der Waals surface area contributed by atoms with Crippen LogP contribution < -0.4 is 4.90 Å². The number of rotatable bonds is 3. The molecule has 2 unspecified atom stereocenters. The maximum atomic E-state index is 11.1. The van der Waals surface area contributed by atoms with Crippen molar-refractivity contribution in [1.29, 1.82) is 0 Å². The summed E-state index contributed by atoms with van der Waals surface area (Å²) < 4.78 is 10.6. The largest absolute Gasteiger partial charge is 0.354 e. The molecule has 86 valence electrons. The molecule has 0 N–H and O–H groups in total. The highest BCUT2D eigenvalue weighted by Crippen LogP contribution is 2.30. The van der Waals surface area contributed by atoms with E-state index in [1.807, 2.05) is 17.0 Å². The number of carbonyl (C=O) groups is 1. The second-order valence-corrected chi connectivity index (χ2v) is 3.78. The summed E-state index contributed by atoms with van der Waals surface area (Å²) in [4.78, 5) is 17.0. The van der Waals surface area contributed by atoms with Crippen molar-refractivity contribution in [2.75, 3.05) is 18.6 Å². The zero-order valence-electron chi connectivity index (χ0n) is 9.29. The third-order valence-corrected chi connectivity index (χ3v) is 2.68. The second-order valence-electron chi connectivity index (χ2n) is 3.78. The van der Waals surface area contributed by atoms with Gasteiger partial charge in [-0.2, -0.15) is 0 Å². The van der Waals surface area contributed by atoms with E-state index in [1.54, 1.807) is 26.4 Å². The van der Waals surface area contributed by atoms with Crippen molar-refractivity contribution in [3.63, 3.8) is 0 Å². The summed E-state index contributed by atoms with van der Waals surface area (Å²) in [6.07, 6.45) is 3.77. The number of methoxy groups -OCH3 is 1. The van der Waals surface area contributed by atoms with Crippen molar-refractivity contribution in [1.82, 2.24) is 4.98 Å². The Hall–Kier alpha value is -1.46. The quantitative estimate of drug-likeness (QED) is 0.708. The van der Waals surface area contributed by atoms with Crippen LogP contribution in [0, 0.1) is 0 Å². The standard InChI is InChI=1S/C11H14N2O3/c1-11(8-14)13(7-10(15-2)16-11)9-4-3-5-12-6-9/h3-6,8,10H,7H2,1-2H3. The molecule has 0 aliphatic carbocycles. The lowest BCUT2D eigenvalue weighted by Gasteiger charge is -2.29.